The largest absolute Gasteiger partial charge is 0.497 e. The van der Waals surface area contributed by atoms with Crippen LogP contribution in [-0.4, -0.2) is 32.7 Å². The van der Waals surface area contributed by atoms with Gasteiger partial charge in [-0.05, 0) is 35.2 Å². The summed E-state index contributed by atoms with van der Waals surface area (Å²) >= 11 is 1.26. The van der Waals surface area contributed by atoms with Crippen LogP contribution in [0.4, 0.5) is 5.00 Å². The molecule has 6 nitrogen and oxygen atoms in total. The molecule has 3 rings (SSSR count). The molecule has 0 aliphatic carbocycles. The molecule has 0 atom stereocenters. The van der Waals surface area contributed by atoms with Crippen LogP contribution in [0.25, 0.3) is 11.1 Å². The highest BCUT2D eigenvalue weighted by atomic mass is 32.1. The zero-order valence-electron chi connectivity index (χ0n) is 17.9. The lowest BCUT2D eigenvalue weighted by atomic mass is 10.0. The van der Waals surface area contributed by atoms with E-state index < -0.39 is 5.97 Å². The first-order valence-electron chi connectivity index (χ1n) is 9.80. The van der Waals surface area contributed by atoms with E-state index in [-0.39, 0.29) is 18.4 Å². The van der Waals surface area contributed by atoms with Crippen molar-refractivity contribution in [1.82, 2.24) is 0 Å². The van der Waals surface area contributed by atoms with Crippen molar-refractivity contribution in [2.75, 3.05) is 26.1 Å². The van der Waals surface area contributed by atoms with Gasteiger partial charge < -0.3 is 19.5 Å². The van der Waals surface area contributed by atoms with Crippen molar-refractivity contribution in [2.24, 2.45) is 0 Å². The molecule has 0 radical (unpaired) electrons. The summed E-state index contributed by atoms with van der Waals surface area (Å²) in [6, 6.07) is 15.0. The normalized spacial score (nSPS) is 10.6. The Morgan fingerprint density at radius 1 is 1.03 bits per heavy atom. The molecular formula is C24H25NO5S. The van der Waals surface area contributed by atoms with E-state index >= 15 is 0 Å². The van der Waals surface area contributed by atoms with Crippen LogP contribution in [0.5, 0.6) is 11.5 Å². The van der Waals surface area contributed by atoms with E-state index in [4.69, 9.17) is 14.2 Å². The number of rotatable bonds is 8. The van der Waals surface area contributed by atoms with Crippen LogP contribution in [-0.2, 0) is 9.53 Å². The Labute approximate surface area is 185 Å². The maximum absolute atomic E-state index is 12.6. The number of methoxy groups -OCH3 is 2. The topological polar surface area (TPSA) is 73.9 Å². The van der Waals surface area contributed by atoms with Crippen LogP contribution in [0, 0.1) is 0 Å². The molecule has 1 aromatic heterocycles. The number of carbonyl (C=O) groups is 2. The molecule has 7 heteroatoms. The highest BCUT2D eigenvalue weighted by molar-refractivity contribution is 7.15. The van der Waals surface area contributed by atoms with Gasteiger partial charge in [-0.3, -0.25) is 4.79 Å². The highest BCUT2D eigenvalue weighted by Gasteiger charge is 2.22. The van der Waals surface area contributed by atoms with Crippen LogP contribution >= 0.6 is 11.3 Å². The van der Waals surface area contributed by atoms with Crippen LogP contribution in [0.3, 0.4) is 0 Å². The number of carbonyl (C=O) groups excluding carboxylic acids is 2. The third kappa shape index (κ3) is 5.24. The molecule has 0 aliphatic heterocycles. The van der Waals surface area contributed by atoms with Gasteiger partial charge in [0.1, 0.15) is 22.1 Å². The molecule has 0 unspecified atom stereocenters. The van der Waals surface area contributed by atoms with E-state index in [0.29, 0.717) is 27.6 Å². The lowest BCUT2D eigenvalue weighted by molar-refractivity contribution is -0.118. The summed E-state index contributed by atoms with van der Waals surface area (Å²) in [5, 5.41) is 5.02. The van der Waals surface area contributed by atoms with Gasteiger partial charge in [0.25, 0.3) is 5.91 Å². The lowest BCUT2D eigenvalue weighted by Gasteiger charge is -2.14. The van der Waals surface area contributed by atoms with Crippen molar-refractivity contribution < 1.29 is 23.8 Å². The van der Waals surface area contributed by atoms with E-state index in [1.54, 1.807) is 7.11 Å². The summed E-state index contributed by atoms with van der Waals surface area (Å²) in [4.78, 5) is 25.0. The zero-order chi connectivity index (χ0) is 22.4. The molecule has 3 aromatic rings. The summed E-state index contributed by atoms with van der Waals surface area (Å²) in [6.07, 6.45) is 0. The van der Waals surface area contributed by atoms with E-state index in [1.165, 1.54) is 18.4 Å². The smallest absolute Gasteiger partial charge is 0.341 e. The summed E-state index contributed by atoms with van der Waals surface area (Å²) in [5.41, 5.74) is 2.85. The number of nitrogens with one attached hydrogen (secondary N) is 1. The predicted octanol–water partition coefficient (Wildman–Crippen LogP) is 5.35. The predicted molar refractivity (Wildman–Crippen MR) is 122 cm³/mol. The van der Waals surface area contributed by atoms with Crippen molar-refractivity contribution in [3.63, 3.8) is 0 Å². The molecule has 0 bridgehead atoms. The number of hydrogen-bond acceptors (Lipinski definition) is 6. The third-order valence-electron chi connectivity index (χ3n) is 4.73. The first kappa shape index (κ1) is 22.4. The van der Waals surface area contributed by atoms with Crippen LogP contribution in [0.1, 0.15) is 35.7 Å². The van der Waals surface area contributed by atoms with Crippen LogP contribution < -0.4 is 14.8 Å². The molecule has 0 saturated heterocycles. The number of ether oxygens (including phenoxy) is 3. The van der Waals surface area contributed by atoms with E-state index in [2.05, 4.69) is 19.2 Å². The second-order valence-corrected chi connectivity index (χ2v) is 7.98. The SMILES string of the molecule is COC(=O)c1c(-c2ccc(OC)cc2)csc1NC(=O)COc1ccccc1C(C)C. The molecule has 0 spiro atoms. The Balaban J connectivity index is 1.79. The first-order valence-corrected chi connectivity index (χ1v) is 10.7. The fraction of sp³-hybridized carbons (Fsp3) is 0.250. The molecule has 0 fully saturated rings. The standard InChI is InChI=1S/C24H25NO5S/c1-15(2)18-7-5-6-8-20(18)30-13-21(26)25-23-22(24(27)29-4)19(14-31-23)16-9-11-17(28-3)12-10-16/h5-12,14-15H,13H2,1-4H3,(H,25,26). The highest BCUT2D eigenvalue weighted by Crippen LogP contribution is 2.36. The number of hydrogen-bond donors (Lipinski definition) is 1. The fourth-order valence-electron chi connectivity index (χ4n) is 3.13. The zero-order valence-corrected chi connectivity index (χ0v) is 18.7. The molecular weight excluding hydrogens is 414 g/mol. The van der Waals surface area contributed by atoms with E-state index in [0.717, 1.165) is 11.1 Å². The van der Waals surface area contributed by atoms with Gasteiger partial charge in [0.15, 0.2) is 6.61 Å². The van der Waals surface area contributed by atoms with Gasteiger partial charge in [-0.25, -0.2) is 4.79 Å². The minimum Gasteiger partial charge on any atom is -0.497 e. The summed E-state index contributed by atoms with van der Waals surface area (Å²) < 4.78 is 15.9. The Kier molecular flexibility index (Phi) is 7.31. The molecule has 162 valence electrons. The Bertz CT molecular complexity index is 1060. The quantitative estimate of drug-likeness (QED) is 0.479. The second kappa shape index (κ2) is 10.1. The first-order chi connectivity index (χ1) is 14.9. The number of amides is 1. The fourth-order valence-corrected chi connectivity index (χ4v) is 4.11. The minimum atomic E-state index is -0.520. The molecule has 0 saturated carbocycles. The molecule has 31 heavy (non-hydrogen) atoms. The van der Waals surface area contributed by atoms with Crippen LogP contribution in [0.2, 0.25) is 0 Å². The molecule has 1 amide bonds. The van der Waals surface area contributed by atoms with Crippen LogP contribution in [0.15, 0.2) is 53.9 Å². The number of thiophene rings is 1. The van der Waals surface area contributed by atoms with Gasteiger partial charge in [0.05, 0.1) is 14.2 Å². The van der Waals surface area contributed by atoms with Crippen molar-refractivity contribution in [1.29, 1.82) is 0 Å². The van der Waals surface area contributed by atoms with Gasteiger partial charge in [-0.1, -0.05) is 44.2 Å². The summed E-state index contributed by atoms with van der Waals surface area (Å²) in [5.74, 6) is 0.784. The maximum atomic E-state index is 12.6. The second-order valence-electron chi connectivity index (χ2n) is 7.10. The van der Waals surface area contributed by atoms with Gasteiger partial charge in [0, 0.05) is 10.9 Å². The monoisotopic (exact) mass is 439 g/mol. The van der Waals surface area contributed by atoms with Gasteiger partial charge in [-0.2, -0.15) is 0 Å². The Morgan fingerprint density at radius 2 is 1.74 bits per heavy atom. The van der Waals surface area contributed by atoms with Gasteiger partial charge in [-0.15, -0.1) is 11.3 Å². The van der Waals surface area contributed by atoms with Crippen molar-refractivity contribution in [2.45, 2.75) is 19.8 Å². The lowest BCUT2D eigenvalue weighted by Crippen LogP contribution is -2.21. The van der Waals surface area contributed by atoms with E-state index in [1.807, 2.05) is 53.9 Å². The molecule has 0 aliphatic rings. The number of para-hydroxylation sites is 1. The number of anilines is 1. The Morgan fingerprint density at radius 3 is 2.39 bits per heavy atom. The minimum absolute atomic E-state index is 0.167. The Hall–Kier alpha value is -3.32. The number of esters is 1. The van der Waals surface area contributed by atoms with Gasteiger partial charge in [0.2, 0.25) is 0 Å². The van der Waals surface area contributed by atoms with Crippen molar-refractivity contribution in [3.05, 3.63) is 65.0 Å². The summed E-state index contributed by atoms with van der Waals surface area (Å²) in [6.45, 7) is 3.97. The van der Waals surface area contributed by atoms with Crippen molar-refractivity contribution >= 4 is 28.2 Å². The van der Waals surface area contributed by atoms with Crippen molar-refractivity contribution in [3.8, 4) is 22.6 Å². The molecule has 2 aromatic carbocycles. The molecule has 1 N–H and O–H groups in total. The third-order valence-corrected chi connectivity index (χ3v) is 5.63. The number of benzene rings is 2. The maximum Gasteiger partial charge on any atom is 0.341 e. The summed E-state index contributed by atoms with van der Waals surface area (Å²) in [7, 11) is 2.91. The van der Waals surface area contributed by atoms with Gasteiger partial charge >= 0.3 is 5.97 Å². The average molecular weight is 440 g/mol. The molecule has 1 heterocycles. The van der Waals surface area contributed by atoms with E-state index in [9.17, 15) is 9.59 Å². The average Bonchev–Trinajstić information content (AvgIpc) is 3.20.